The highest BCUT2D eigenvalue weighted by Gasteiger charge is 2.09. The molecule has 1 heterocycles. The molecule has 0 atom stereocenters. The third kappa shape index (κ3) is 4.76. The summed E-state index contributed by atoms with van der Waals surface area (Å²) >= 11 is 0. The Kier molecular flexibility index (Phi) is 5.87. The number of rotatable bonds is 6. The van der Waals surface area contributed by atoms with Crippen LogP contribution in [0.4, 0.5) is 11.5 Å². The third-order valence-corrected chi connectivity index (χ3v) is 3.67. The lowest BCUT2D eigenvalue weighted by Crippen LogP contribution is -2.31. The van der Waals surface area contributed by atoms with Crippen LogP contribution in [0.1, 0.15) is 27.2 Å². The number of hydrogen-bond donors (Lipinski definition) is 2. The molecule has 0 saturated heterocycles. The lowest BCUT2D eigenvalue weighted by atomic mass is 10.1. The van der Waals surface area contributed by atoms with Gasteiger partial charge in [-0.15, -0.1) is 10.2 Å². The van der Waals surface area contributed by atoms with E-state index in [1.54, 1.807) is 12.1 Å². The molecule has 2 N–H and O–H groups in total. The number of nitrogens with zero attached hydrogens (tertiary/aromatic N) is 3. The second-order valence-electron chi connectivity index (χ2n) is 6.26. The first kappa shape index (κ1) is 17.9. The van der Waals surface area contributed by atoms with Crippen LogP contribution in [0.15, 0.2) is 24.3 Å². The van der Waals surface area contributed by atoms with Gasteiger partial charge in [-0.05, 0) is 58.1 Å². The van der Waals surface area contributed by atoms with E-state index in [1.165, 1.54) is 5.56 Å². The molecular formula is C18H25N5O. The van der Waals surface area contributed by atoms with E-state index in [9.17, 15) is 4.79 Å². The van der Waals surface area contributed by atoms with Crippen molar-refractivity contribution in [2.75, 3.05) is 32.5 Å². The van der Waals surface area contributed by atoms with E-state index in [-0.39, 0.29) is 5.91 Å². The summed E-state index contributed by atoms with van der Waals surface area (Å²) in [6.07, 6.45) is 0. The van der Waals surface area contributed by atoms with Gasteiger partial charge in [-0.3, -0.25) is 4.79 Å². The molecule has 1 amide bonds. The van der Waals surface area contributed by atoms with Crippen molar-refractivity contribution in [2.24, 2.45) is 0 Å². The van der Waals surface area contributed by atoms with E-state index in [0.717, 1.165) is 23.4 Å². The van der Waals surface area contributed by atoms with E-state index >= 15 is 0 Å². The van der Waals surface area contributed by atoms with Crippen molar-refractivity contribution < 1.29 is 4.79 Å². The highest BCUT2D eigenvalue weighted by molar-refractivity contribution is 5.92. The van der Waals surface area contributed by atoms with Gasteiger partial charge in [0.05, 0.1) is 0 Å². The van der Waals surface area contributed by atoms with E-state index in [0.29, 0.717) is 18.1 Å². The van der Waals surface area contributed by atoms with Crippen LogP contribution in [-0.4, -0.2) is 48.2 Å². The maximum absolute atomic E-state index is 12.0. The SMILES string of the molecule is Cc1cc(C)c(Nc2ccc(C(=O)NCCN(C)C)nn2)c(C)c1. The number of carbonyl (C=O) groups is 1. The van der Waals surface area contributed by atoms with Gasteiger partial charge >= 0.3 is 0 Å². The molecule has 0 spiro atoms. The largest absolute Gasteiger partial charge is 0.349 e. The second-order valence-corrected chi connectivity index (χ2v) is 6.26. The minimum absolute atomic E-state index is 0.210. The molecule has 1 aromatic carbocycles. The van der Waals surface area contributed by atoms with Crippen LogP contribution >= 0.6 is 0 Å². The average Bonchev–Trinajstić information content (AvgIpc) is 2.51. The molecule has 0 saturated carbocycles. The lowest BCUT2D eigenvalue weighted by Gasteiger charge is -2.13. The fourth-order valence-corrected chi connectivity index (χ4v) is 2.51. The van der Waals surface area contributed by atoms with Gasteiger partial charge in [0, 0.05) is 18.8 Å². The minimum atomic E-state index is -0.210. The van der Waals surface area contributed by atoms with Crippen LogP contribution < -0.4 is 10.6 Å². The molecule has 0 aliphatic rings. The summed E-state index contributed by atoms with van der Waals surface area (Å²) in [5.41, 5.74) is 4.88. The summed E-state index contributed by atoms with van der Waals surface area (Å²) in [4.78, 5) is 14.0. The smallest absolute Gasteiger partial charge is 0.271 e. The summed E-state index contributed by atoms with van der Waals surface area (Å²) in [6, 6.07) is 7.69. The van der Waals surface area contributed by atoms with Crippen molar-refractivity contribution in [3.8, 4) is 0 Å². The van der Waals surface area contributed by atoms with Crippen LogP contribution in [0.3, 0.4) is 0 Å². The first-order chi connectivity index (χ1) is 11.4. The van der Waals surface area contributed by atoms with Gasteiger partial charge in [-0.1, -0.05) is 17.7 Å². The van der Waals surface area contributed by atoms with Gasteiger partial charge in [0.15, 0.2) is 11.5 Å². The zero-order chi connectivity index (χ0) is 17.7. The standard InChI is InChI=1S/C18H25N5O/c1-12-10-13(2)17(14(3)11-12)20-16-7-6-15(21-22-16)18(24)19-8-9-23(4)5/h6-7,10-11H,8-9H2,1-5H3,(H,19,24)(H,20,22). The first-order valence-corrected chi connectivity index (χ1v) is 7.98. The van der Waals surface area contributed by atoms with Crippen molar-refractivity contribution in [2.45, 2.75) is 20.8 Å². The van der Waals surface area contributed by atoms with E-state index in [4.69, 9.17) is 0 Å². The number of carbonyl (C=O) groups excluding carboxylic acids is 1. The van der Waals surface area contributed by atoms with Crippen LogP contribution in [0.5, 0.6) is 0 Å². The topological polar surface area (TPSA) is 70.2 Å². The highest BCUT2D eigenvalue weighted by atomic mass is 16.1. The number of aryl methyl sites for hydroxylation is 3. The van der Waals surface area contributed by atoms with Gasteiger partial charge in [-0.2, -0.15) is 0 Å². The predicted octanol–water partition coefficient (Wildman–Crippen LogP) is 2.44. The van der Waals surface area contributed by atoms with E-state index in [2.05, 4.69) is 53.7 Å². The molecule has 0 bridgehead atoms. The normalized spacial score (nSPS) is 10.8. The number of likely N-dealkylation sites (N-methyl/N-ethyl adjacent to an activating group) is 1. The number of aromatic nitrogens is 2. The zero-order valence-electron chi connectivity index (χ0n) is 15.0. The number of anilines is 2. The Bertz CT molecular complexity index is 687. The summed E-state index contributed by atoms with van der Waals surface area (Å²) in [5.74, 6) is 0.411. The molecule has 2 aromatic rings. The van der Waals surface area contributed by atoms with Crippen LogP contribution in [0.2, 0.25) is 0 Å². The van der Waals surface area contributed by atoms with Crippen molar-refractivity contribution in [3.63, 3.8) is 0 Å². The van der Waals surface area contributed by atoms with E-state index in [1.807, 2.05) is 19.0 Å². The summed E-state index contributed by atoms with van der Waals surface area (Å²) in [7, 11) is 3.92. The molecule has 1 aromatic heterocycles. The highest BCUT2D eigenvalue weighted by Crippen LogP contribution is 2.24. The summed E-state index contributed by atoms with van der Waals surface area (Å²) in [6.45, 7) is 7.55. The number of benzene rings is 1. The van der Waals surface area contributed by atoms with Crippen LogP contribution in [0.25, 0.3) is 0 Å². The van der Waals surface area contributed by atoms with Crippen molar-refractivity contribution in [3.05, 3.63) is 46.6 Å². The van der Waals surface area contributed by atoms with Gasteiger partial charge in [0.1, 0.15) is 0 Å². The van der Waals surface area contributed by atoms with Crippen LogP contribution in [-0.2, 0) is 0 Å². The molecule has 6 heteroatoms. The molecule has 2 rings (SSSR count). The second kappa shape index (κ2) is 7.88. The Labute approximate surface area is 143 Å². The fraction of sp³-hybridized carbons (Fsp3) is 0.389. The van der Waals surface area contributed by atoms with Crippen molar-refractivity contribution >= 4 is 17.4 Å². The Hall–Kier alpha value is -2.47. The fourth-order valence-electron chi connectivity index (χ4n) is 2.51. The van der Waals surface area contributed by atoms with E-state index < -0.39 is 0 Å². The van der Waals surface area contributed by atoms with Crippen LogP contribution in [0, 0.1) is 20.8 Å². The molecule has 0 radical (unpaired) electrons. The van der Waals surface area contributed by atoms with Gasteiger partial charge < -0.3 is 15.5 Å². The first-order valence-electron chi connectivity index (χ1n) is 7.98. The molecular weight excluding hydrogens is 302 g/mol. The molecule has 0 aliphatic heterocycles. The van der Waals surface area contributed by atoms with Crippen molar-refractivity contribution in [1.29, 1.82) is 0 Å². The molecule has 0 fully saturated rings. The van der Waals surface area contributed by atoms with Gasteiger partial charge in [0.25, 0.3) is 5.91 Å². The monoisotopic (exact) mass is 327 g/mol. The third-order valence-electron chi connectivity index (χ3n) is 3.67. The molecule has 24 heavy (non-hydrogen) atoms. The van der Waals surface area contributed by atoms with Crippen molar-refractivity contribution in [1.82, 2.24) is 20.4 Å². The predicted molar refractivity (Wildman–Crippen MR) is 96.9 cm³/mol. The Balaban J connectivity index is 2.03. The maximum atomic E-state index is 12.0. The average molecular weight is 327 g/mol. The summed E-state index contributed by atoms with van der Waals surface area (Å²) in [5, 5.41) is 14.2. The molecule has 0 aliphatic carbocycles. The Morgan fingerprint density at radius 2 is 1.75 bits per heavy atom. The molecule has 6 nitrogen and oxygen atoms in total. The van der Waals surface area contributed by atoms with Gasteiger partial charge in [0.2, 0.25) is 0 Å². The molecule has 128 valence electrons. The van der Waals surface area contributed by atoms with Gasteiger partial charge in [-0.25, -0.2) is 0 Å². The number of nitrogens with one attached hydrogen (secondary N) is 2. The Morgan fingerprint density at radius 3 is 2.29 bits per heavy atom. The Morgan fingerprint density at radius 1 is 1.08 bits per heavy atom. The number of amides is 1. The maximum Gasteiger partial charge on any atom is 0.271 e. The number of hydrogen-bond acceptors (Lipinski definition) is 5. The molecule has 0 unspecified atom stereocenters. The minimum Gasteiger partial charge on any atom is -0.349 e. The zero-order valence-corrected chi connectivity index (χ0v) is 15.0. The quantitative estimate of drug-likeness (QED) is 0.853. The summed E-state index contributed by atoms with van der Waals surface area (Å²) < 4.78 is 0. The lowest BCUT2D eigenvalue weighted by molar-refractivity contribution is 0.0945.